The fourth-order valence-corrected chi connectivity index (χ4v) is 4.70. The zero-order valence-electron chi connectivity index (χ0n) is 17.3. The maximum atomic E-state index is 13.1. The predicted octanol–water partition coefficient (Wildman–Crippen LogP) is 5.49. The van der Waals surface area contributed by atoms with Crippen LogP contribution in [-0.4, -0.2) is 27.6 Å². The van der Waals surface area contributed by atoms with Gasteiger partial charge in [-0.1, -0.05) is 72.5 Å². The van der Waals surface area contributed by atoms with Crippen molar-refractivity contribution in [1.29, 1.82) is 0 Å². The molecule has 2 amide bonds. The van der Waals surface area contributed by atoms with E-state index in [1.165, 1.54) is 11.8 Å². The van der Waals surface area contributed by atoms with Crippen molar-refractivity contribution < 1.29 is 14.0 Å². The van der Waals surface area contributed by atoms with Crippen molar-refractivity contribution in [2.24, 2.45) is 0 Å². The Labute approximate surface area is 196 Å². The number of thioether (sulfide) groups is 1. The topological polar surface area (TPSA) is 53.8 Å². The second kappa shape index (κ2) is 10.4. The summed E-state index contributed by atoms with van der Waals surface area (Å²) in [4.78, 5) is 29.7. The van der Waals surface area contributed by atoms with Crippen LogP contribution in [0, 0.1) is 0 Å². The number of anilines is 1. The molecule has 2 heterocycles. The molecule has 162 valence electrons. The maximum Gasteiger partial charge on any atom is 0.266 e. The van der Waals surface area contributed by atoms with Crippen LogP contribution < -0.4 is 4.90 Å². The second-order valence-corrected chi connectivity index (χ2v) is 8.93. The van der Waals surface area contributed by atoms with Crippen molar-refractivity contribution >= 4 is 51.9 Å². The molecule has 5 nitrogen and oxygen atoms in total. The van der Waals surface area contributed by atoms with Gasteiger partial charge in [-0.05, 0) is 36.2 Å². The third kappa shape index (κ3) is 5.36. The molecule has 2 aromatic carbocycles. The molecule has 7 heteroatoms. The van der Waals surface area contributed by atoms with Gasteiger partial charge >= 0.3 is 0 Å². The van der Waals surface area contributed by atoms with Crippen LogP contribution >= 0.6 is 24.0 Å². The molecule has 1 aliphatic heterocycles. The molecule has 0 saturated carbocycles. The van der Waals surface area contributed by atoms with Crippen LogP contribution in [0.4, 0.5) is 5.69 Å². The summed E-state index contributed by atoms with van der Waals surface area (Å²) in [6.45, 7) is 0.899. The number of benzene rings is 2. The lowest BCUT2D eigenvalue weighted by Crippen LogP contribution is -2.33. The van der Waals surface area contributed by atoms with Gasteiger partial charge in [-0.2, -0.15) is 0 Å². The molecule has 4 rings (SSSR count). The minimum absolute atomic E-state index is 0.0108. The van der Waals surface area contributed by atoms with Crippen LogP contribution in [0.5, 0.6) is 0 Å². The molecule has 1 fully saturated rings. The summed E-state index contributed by atoms with van der Waals surface area (Å²) < 4.78 is 5.79. The number of nitrogens with zero attached hydrogens (tertiary/aromatic N) is 2. The van der Waals surface area contributed by atoms with Crippen LogP contribution in [0.2, 0.25) is 0 Å². The van der Waals surface area contributed by atoms with Crippen molar-refractivity contribution in [2.75, 3.05) is 11.4 Å². The standard InChI is InChI=1S/C25H22N2O3S2/c28-23(27(20-11-5-2-6-12-20)18-19-9-3-1-4-10-19)14-7-15-26-24(29)22(32-25(26)31)17-21-13-8-16-30-21/h1-6,8-13,16-17H,7,14-15,18H2. The highest BCUT2D eigenvalue weighted by Gasteiger charge is 2.32. The van der Waals surface area contributed by atoms with Gasteiger partial charge in [0.2, 0.25) is 5.91 Å². The molecule has 0 aliphatic carbocycles. The van der Waals surface area contributed by atoms with Crippen molar-refractivity contribution in [3.63, 3.8) is 0 Å². The Morgan fingerprint density at radius 1 is 1.03 bits per heavy atom. The summed E-state index contributed by atoms with van der Waals surface area (Å²) in [7, 11) is 0. The van der Waals surface area contributed by atoms with Crippen LogP contribution in [0.3, 0.4) is 0 Å². The smallest absolute Gasteiger partial charge is 0.266 e. The summed E-state index contributed by atoms with van der Waals surface area (Å²) >= 11 is 6.64. The first-order valence-corrected chi connectivity index (χ1v) is 11.5. The van der Waals surface area contributed by atoms with E-state index in [9.17, 15) is 9.59 Å². The molecule has 0 N–H and O–H groups in total. The first kappa shape index (κ1) is 22.0. The number of hydrogen-bond acceptors (Lipinski definition) is 5. The van der Waals surface area contributed by atoms with E-state index in [2.05, 4.69) is 0 Å². The van der Waals surface area contributed by atoms with Gasteiger partial charge in [0.15, 0.2) is 0 Å². The van der Waals surface area contributed by atoms with Gasteiger partial charge in [-0.15, -0.1) is 0 Å². The number of para-hydroxylation sites is 1. The summed E-state index contributed by atoms with van der Waals surface area (Å²) in [6.07, 6.45) is 4.10. The first-order valence-electron chi connectivity index (χ1n) is 10.3. The highest BCUT2D eigenvalue weighted by Crippen LogP contribution is 2.32. The summed E-state index contributed by atoms with van der Waals surface area (Å²) in [6, 6.07) is 23.1. The van der Waals surface area contributed by atoms with Crippen LogP contribution in [0.1, 0.15) is 24.2 Å². The second-order valence-electron chi connectivity index (χ2n) is 7.25. The first-order chi connectivity index (χ1) is 15.6. The highest BCUT2D eigenvalue weighted by molar-refractivity contribution is 8.26. The third-order valence-electron chi connectivity index (χ3n) is 5.01. The van der Waals surface area contributed by atoms with E-state index in [0.717, 1.165) is 11.3 Å². The number of furan rings is 1. The molecule has 3 aromatic rings. The Morgan fingerprint density at radius 3 is 2.44 bits per heavy atom. The Bertz CT molecular complexity index is 1110. The molecule has 32 heavy (non-hydrogen) atoms. The highest BCUT2D eigenvalue weighted by atomic mass is 32.2. The lowest BCUT2D eigenvalue weighted by molar-refractivity contribution is -0.123. The Kier molecular flexibility index (Phi) is 7.19. The van der Waals surface area contributed by atoms with Gasteiger partial charge in [0.1, 0.15) is 10.1 Å². The lowest BCUT2D eigenvalue weighted by Gasteiger charge is -2.24. The van der Waals surface area contributed by atoms with E-state index in [1.807, 2.05) is 60.7 Å². The van der Waals surface area contributed by atoms with Crippen molar-refractivity contribution in [2.45, 2.75) is 19.4 Å². The molecule has 1 saturated heterocycles. The van der Waals surface area contributed by atoms with Gasteiger partial charge in [-0.3, -0.25) is 14.5 Å². The predicted molar refractivity (Wildman–Crippen MR) is 132 cm³/mol. The third-order valence-corrected chi connectivity index (χ3v) is 6.39. The zero-order chi connectivity index (χ0) is 22.3. The molecule has 1 aliphatic rings. The van der Waals surface area contributed by atoms with Gasteiger partial charge in [-0.25, -0.2) is 0 Å². The van der Waals surface area contributed by atoms with Gasteiger partial charge in [0.25, 0.3) is 5.91 Å². The number of thiocarbonyl (C=S) groups is 1. The van der Waals surface area contributed by atoms with E-state index in [0.29, 0.717) is 40.9 Å². The van der Waals surface area contributed by atoms with Crippen molar-refractivity contribution in [3.8, 4) is 0 Å². The molecular formula is C25H22N2O3S2. The molecule has 1 aromatic heterocycles. The minimum atomic E-state index is -0.145. The average molecular weight is 463 g/mol. The average Bonchev–Trinajstić information content (AvgIpc) is 3.42. The van der Waals surface area contributed by atoms with Crippen molar-refractivity contribution in [1.82, 2.24) is 4.90 Å². The molecule has 0 radical (unpaired) electrons. The summed E-state index contributed by atoms with van der Waals surface area (Å²) in [5.41, 5.74) is 1.91. The zero-order valence-corrected chi connectivity index (χ0v) is 19.0. The number of amides is 2. The largest absolute Gasteiger partial charge is 0.465 e. The van der Waals surface area contributed by atoms with Gasteiger partial charge in [0.05, 0.1) is 17.7 Å². The normalized spacial score (nSPS) is 14.9. The number of carbonyl (C=O) groups excluding carboxylic acids is 2. The van der Waals surface area contributed by atoms with E-state index in [4.69, 9.17) is 16.6 Å². The molecule has 0 spiro atoms. The van der Waals surface area contributed by atoms with E-state index >= 15 is 0 Å². The van der Waals surface area contributed by atoms with E-state index < -0.39 is 0 Å². The van der Waals surface area contributed by atoms with Crippen LogP contribution in [-0.2, 0) is 16.1 Å². The number of carbonyl (C=O) groups is 2. The summed E-state index contributed by atoms with van der Waals surface area (Å²) in [5, 5.41) is 0. The maximum absolute atomic E-state index is 13.1. The quantitative estimate of drug-likeness (QED) is 0.327. The lowest BCUT2D eigenvalue weighted by atomic mass is 10.1. The Hall–Kier alpha value is -3.16. The van der Waals surface area contributed by atoms with Crippen molar-refractivity contribution in [3.05, 3.63) is 95.3 Å². The monoisotopic (exact) mass is 462 g/mol. The van der Waals surface area contributed by atoms with E-state index in [-0.39, 0.29) is 11.8 Å². The van der Waals surface area contributed by atoms with Crippen LogP contribution in [0.15, 0.2) is 88.4 Å². The minimum Gasteiger partial charge on any atom is -0.465 e. The van der Waals surface area contributed by atoms with E-state index in [1.54, 1.807) is 34.3 Å². The Balaban J connectivity index is 1.39. The number of rotatable bonds is 8. The van der Waals surface area contributed by atoms with Gasteiger partial charge < -0.3 is 9.32 Å². The fraction of sp³-hybridized carbons (Fsp3) is 0.160. The molecule has 0 bridgehead atoms. The molecular weight excluding hydrogens is 440 g/mol. The Morgan fingerprint density at radius 2 is 1.75 bits per heavy atom. The molecule has 0 atom stereocenters. The number of hydrogen-bond donors (Lipinski definition) is 0. The SMILES string of the molecule is O=C1C(=Cc2ccco2)SC(=S)N1CCCC(=O)N(Cc1ccccc1)c1ccccc1. The molecule has 0 unspecified atom stereocenters. The van der Waals surface area contributed by atoms with Crippen LogP contribution in [0.25, 0.3) is 6.08 Å². The fourth-order valence-electron chi connectivity index (χ4n) is 3.42. The summed E-state index contributed by atoms with van der Waals surface area (Å²) in [5.74, 6) is 0.477. The van der Waals surface area contributed by atoms with Gasteiger partial charge in [0, 0.05) is 24.7 Å².